The molecule has 0 radical (unpaired) electrons. The average molecular weight is 193 g/mol. The smallest absolute Gasteiger partial charge is 0.0919 e. The van der Waals surface area contributed by atoms with Gasteiger partial charge < -0.3 is 10.1 Å². The monoisotopic (exact) mass is 192 g/mol. The van der Waals surface area contributed by atoms with Crippen LogP contribution in [0.15, 0.2) is 18.7 Å². The summed E-state index contributed by atoms with van der Waals surface area (Å²) in [6.45, 7) is 3.87. The first-order chi connectivity index (χ1) is 5.27. The first kappa shape index (κ1) is 14.0. The molecule has 0 saturated carbocycles. The van der Waals surface area contributed by atoms with E-state index in [1.807, 2.05) is 6.92 Å². The van der Waals surface area contributed by atoms with Crippen LogP contribution in [0.3, 0.4) is 0 Å². The number of aromatic nitrogens is 2. The Balaban J connectivity index is 0. The molecule has 1 atom stereocenters. The Hall–Kier alpha value is -0.540. The lowest BCUT2D eigenvalue weighted by Crippen LogP contribution is -1.95. The zero-order valence-corrected chi connectivity index (χ0v) is 8.34. The molecule has 1 aromatic rings. The van der Waals surface area contributed by atoms with Gasteiger partial charge in [-0.15, -0.1) is 12.4 Å². The minimum Gasteiger partial charge on any atom is -0.393 e. The number of H-pyrrole nitrogens is 1. The molecule has 0 aromatic carbocycles. The molecule has 72 valence electrons. The molecule has 0 aliphatic heterocycles. The summed E-state index contributed by atoms with van der Waals surface area (Å²) >= 11 is 0. The molecule has 12 heavy (non-hydrogen) atoms. The second kappa shape index (κ2) is 10.5. The van der Waals surface area contributed by atoms with E-state index in [1.165, 1.54) is 0 Å². The third kappa shape index (κ3) is 12.2. The molecule has 0 bridgehead atoms. The first-order valence-corrected chi connectivity index (χ1v) is 3.88. The zero-order chi connectivity index (χ0) is 8.53. The topological polar surface area (TPSA) is 48.9 Å². The molecule has 4 heteroatoms. The van der Waals surface area contributed by atoms with Gasteiger partial charge in [0.15, 0.2) is 0 Å². The molecule has 0 aliphatic rings. The van der Waals surface area contributed by atoms with Gasteiger partial charge in [0.05, 0.1) is 12.4 Å². The lowest BCUT2D eigenvalue weighted by molar-refractivity contribution is 0.183. The zero-order valence-electron chi connectivity index (χ0n) is 7.53. The minimum atomic E-state index is -0.102. The summed E-state index contributed by atoms with van der Waals surface area (Å²) in [5, 5.41) is 8.55. The fourth-order valence-electron chi connectivity index (χ4n) is 0.633. The molecule has 0 aliphatic carbocycles. The Morgan fingerprint density at radius 2 is 2.25 bits per heavy atom. The summed E-state index contributed by atoms with van der Waals surface area (Å²) in [6, 6.07) is 0. The summed E-state index contributed by atoms with van der Waals surface area (Å²) in [5.74, 6) is 0. The Bertz CT molecular complexity index is 126. The maximum atomic E-state index is 8.55. The van der Waals surface area contributed by atoms with Gasteiger partial charge in [-0.1, -0.05) is 13.3 Å². The van der Waals surface area contributed by atoms with Crippen LogP contribution in [0.4, 0.5) is 0 Å². The van der Waals surface area contributed by atoms with Crippen molar-refractivity contribution in [3.63, 3.8) is 0 Å². The van der Waals surface area contributed by atoms with Crippen LogP contribution in [0.2, 0.25) is 0 Å². The van der Waals surface area contributed by atoms with Crippen LogP contribution >= 0.6 is 12.4 Å². The number of imidazole rings is 1. The first-order valence-electron chi connectivity index (χ1n) is 3.88. The van der Waals surface area contributed by atoms with Crippen LogP contribution in [0.5, 0.6) is 0 Å². The summed E-state index contributed by atoms with van der Waals surface area (Å²) in [6.07, 6.45) is 6.99. The standard InChI is InChI=1S/C5H12O.C3H4N2.ClH/c1-3-4-5(2)6;1-2-5-3-4-1;/h5-6H,3-4H2,1-2H3;1-3H,(H,4,5);1H. The number of nitrogens with one attached hydrogen (secondary N) is 1. The highest BCUT2D eigenvalue weighted by Crippen LogP contribution is 1.91. The van der Waals surface area contributed by atoms with Gasteiger partial charge in [-0.05, 0) is 13.3 Å². The Morgan fingerprint density at radius 1 is 1.58 bits per heavy atom. The lowest BCUT2D eigenvalue weighted by atomic mass is 10.2. The third-order valence-corrected chi connectivity index (χ3v) is 1.11. The van der Waals surface area contributed by atoms with E-state index in [0.717, 1.165) is 12.8 Å². The fourth-order valence-corrected chi connectivity index (χ4v) is 0.633. The van der Waals surface area contributed by atoms with E-state index >= 15 is 0 Å². The normalized spacial score (nSPS) is 10.6. The van der Waals surface area contributed by atoms with Crippen LogP contribution in [-0.2, 0) is 0 Å². The minimum absolute atomic E-state index is 0. The van der Waals surface area contributed by atoms with E-state index in [-0.39, 0.29) is 18.5 Å². The molecule has 2 N–H and O–H groups in total. The van der Waals surface area contributed by atoms with E-state index in [4.69, 9.17) is 5.11 Å². The summed E-state index contributed by atoms with van der Waals surface area (Å²) < 4.78 is 0. The Morgan fingerprint density at radius 3 is 2.33 bits per heavy atom. The number of hydrogen-bond acceptors (Lipinski definition) is 2. The molecule has 1 aromatic heterocycles. The van der Waals surface area contributed by atoms with Crippen molar-refractivity contribution in [2.75, 3.05) is 0 Å². The molecular formula is C8H17ClN2O. The Labute approximate surface area is 79.6 Å². The number of rotatable bonds is 2. The number of halogens is 1. The van der Waals surface area contributed by atoms with Crippen molar-refractivity contribution in [2.24, 2.45) is 0 Å². The predicted octanol–water partition coefficient (Wildman–Crippen LogP) is 2.00. The molecule has 0 saturated heterocycles. The van der Waals surface area contributed by atoms with Gasteiger partial charge in [0.2, 0.25) is 0 Å². The van der Waals surface area contributed by atoms with Gasteiger partial charge in [0.25, 0.3) is 0 Å². The van der Waals surface area contributed by atoms with Crippen LogP contribution < -0.4 is 0 Å². The van der Waals surface area contributed by atoms with Crippen molar-refractivity contribution < 1.29 is 5.11 Å². The van der Waals surface area contributed by atoms with Crippen molar-refractivity contribution in [3.8, 4) is 0 Å². The molecule has 0 amide bonds. The van der Waals surface area contributed by atoms with Crippen molar-refractivity contribution in [3.05, 3.63) is 18.7 Å². The number of aliphatic hydroxyl groups excluding tert-OH is 1. The molecule has 1 heterocycles. The predicted molar refractivity (Wildman–Crippen MR) is 52.4 cm³/mol. The highest BCUT2D eigenvalue weighted by Gasteiger charge is 1.87. The van der Waals surface area contributed by atoms with E-state index < -0.39 is 0 Å². The van der Waals surface area contributed by atoms with Crippen molar-refractivity contribution in [1.29, 1.82) is 0 Å². The summed E-state index contributed by atoms with van der Waals surface area (Å²) in [5.41, 5.74) is 0. The fraction of sp³-hybridized carbons (Fsp3) is 0.625. The SMILES string of the molecule is CCCC(C)O.Cl.c1c[nH]cn1. The van der Waals surface area contributed by atoms with Crippen LogP contribution in [0, 0.1) is 0 Å². The van der Waals surface area contributed by atoms with Crippen LogP contribution in [-0.4, -0.2) is 21.2 Å². The third-order valence-electron chi connectivity index (χ3n) is 1.11. The van der Waals surface area contributed by atoms with Gasteiger partial charge >= 0.3 is 0 Å². The van der Waals surface area contributed by atoms with Crippen molar-refractivity contribution >= 4 is 12.4 Å². The number of aliphatic hydroxyl groups is 1. The van der Waals surface area contributed by atoms with Crippen molar-refractivity contribution in [2.45, 2.75) is 32.8 Å². The van der Waals surface area contributed by atoms with E-state index in [2.05, 4.69) is 16.9 Å². The largest absolute Gasteiger partial charge is 0.393 e. The molecule has 1 unspecified atom stereocenters. The van der Waals surface area contributed by atoms with E-state index in [1.54, 1.807) is 18.7 Å². The molecule has 0 spiro atoms. The molecule has 0 fully saturated rings. The maximum absolute atomic E-state index is 8.55. The maximum Gasteiger partial charge on any atom is 0.0919 e. The van der Waals surface area contributed by atoms with E-state index in [9.17, 15) is 0 Å². The molecular weight excluding hydrogens is 176 g/mol. The highest BCUT2D eigenvalue weighted by atomic mass is 35.5. The highest BCUT2D eigenvalue weighted by molar-refractivity contribution is 5.85. The van der Waals surface area contributed by atoms with Gasteiger partial charge in [0, 0.05) is 12.4 Å². The van der Waals surface area contributed by atoms with Crippen molar-refractivity contribution in [1.82, 2.24) is 9.97 Å². The lowest BCUT2D eigenvalue weighted by Gasteiger charge is -1.95. The van der Waals surface area contributed by atoms with Crippen LogP contribution in [0.25, 0.3) is 0 Å². The second-order valence-corrected chi connectivity index (χ2v) is 2.40. The number of aromatic amines is 1. The quantitative estimate of drug-likeness (QED) is 0.753. The van der Waals surface area contributed by atoms with Crippen LogP contribution in [0.1, 0.15) is 26.7 Å². The average Bonchev–Trinajstić information content (AvgIpc) is 2.41. The van der Waals surface area contributed by atoms with Gasteiger partial charge in [0.1, 0.15) is 0 Å². The second-order valence-electron chi connectivity index (χ2n) is 2.40. The molecule has 3 nitrogen and oxygen atoms in total. The van der Waals surface area contributed by atoms with Gasteiger partial charge in [-0.3, -0.25) is 0 Å². The van der Waals surface area contributed by atoms with Gasteiger partial charge in [-0.2, -0.15) is 0 Å². The summed E-state index contributed by atoms with van der Waals surface area (Å²) in [7, 11) is 0. The number of hydrogen-bond donors (Lipinski definition) is 2. The Kier molecular flexibility index (Phi) is 12.2. The van der Waals surface area contributed by atoms with E-state index in [0.29, 0.717) is 0 Å². The molecule has 1 rings (SSSR count). The summed E-state index contributed by atoms with van der Waals surface area (Å²) in [4.78, 5) is 6.42. The van der Waals surface area contributed by atoms with Gasteiger partial charge in [-0.25, -0.2) is 4.98 Å². The number of nitrogens with zero attached hydrogens (tertiary/aromatic N) is 1.